The minimum Gasteiger partial charge on any atom is -0.384 e. The van der Waals surface area contributed by atoms with Crippen molar-refractivity contribution in [1.82, 2.24) is 0 Å². The average molecular weight is 265 g/mol. The minimum atomic E-state index is -0.644. The summed E-state index contributed by atoms with van der Waals surface area (Å²) in [6.45, 7) is 4.37. The third kappa shape index (κ3) is 3.46. The maximum Gasteiger partial charge on any atom is 0.104 e. The van der Waals surface area contributed by atoms with Crippen LogP contribution >= 0.6 is 0 Å². The first-order chi connectivity index (χ1) is 9.60. The fraction of sp³-hybridized carbons (Fsp3) is 0.278. The molecule has 0 spiro atoms. The van der Waals surface area contributed by atoms with E-state index in [1.165, 1.54) is 5.56 Å². The van der Waals surface area contributed by atoms with Crippen LogP contribution in [0.1, 0.15) is 42.2 Å². The Morgan fingerprint density at radius 3 is 2.35 bits per heavy atom. The van der Waals surface area contributed by atoms with Crippen LogP contribution in [0.2, 0.25) is 0 Å². The molecule has 0 saturated heterocycles. The molecule has 2 nitrogen and oxygen atoms in total. The van der Waals surface area contributed by atoms with Gasteiger partial charge in [0.2, 0.25) is 0 Å². The van der Waals surface area contributed by atoms with Crippen LogP contribution in [0.3, 0.4) is 0 Å². The summed E-state index contributed by atoms with van der Waals surface area (Å²) in [5, 5.41) is 19.2. The number of rotatable bonds is 4. The summed E-state index contributed by atoms with van der Waals surface area (Å²) in [7, 11) is 0. The van der Waals surface area contributed by atoms with Crippen molar-refractivity contribution in [3.8, 4) is 6.07 Å². The predicted molar refractivity (Wildman–Crippen MR) is 80.2 cm³/mol. The highest BCUT2D eigenvalue weighted by Gasteiger charge is 2.11. The van der Waals surface area contributed by atoms with Crippen LogP contribution in [0.5, 0.6) is 0 Å². The van der Waals surface area contributed by atoms with Gasteiger partial charge in [-0.05, 0) is 41.2 Å². The molecule has 2 aromatic carbocycles. The standard InChI is InChI=1S/C18H19NO/c1-13(2)10-15-4-3-5-17(11-15)18(20)16-8-6-14(12-19)7-9-16/h3-9,11,13,18,20H,10H2,1-2H3. The Labute approximate surface area is 120 Å². The predicted octanol–water partition coefficient (Wildman–Crippen LogP) is 3.84. The van der Waals surface area contributed by atoms with E-state index in [0.29, 0.717) is 11.5 Å². The lowest BCUT2D eigenvalue weighted by atomic mass is 9.96. The van der Waals surface area contributed by atoms with Gasteiger partial charge in [-0.1, -0.05) is 50.2 Å². The summed E-state index contributed by atoms with van der Waals surface area (Å²) in [6.07, 6.45) is 0.364. The molecule has 0 aromatic heterocycles. The van der Waals surface area contributed by atoms with E-state index in [9.17, 15) is 5.11 Å². The first-order valence-corrected chi connectivity index (χ1v) is 6.87. The second-order valence-electron chi connectivity index (χ2n) is 5.48. The number of nitrogens with zero attached hydrogens (tertiary/aromatic N) is 1. The molecule has 0 heterocycles. The molecule has 0 radical (unpaired) electrons. The number of benzene rings is 2. The lowest BCUT2D eigenvalue weighted by Gasteiger charge is -2.13. The molecule has 0 aliphatic heterocycles. The molecule has 20 heavy (non-hydrogen) atoms. The van der Waals surface area contributed by atoms with E-state index in [1.54, 1.807) is 24.3 Å². The quantitative estimate of drug-likeness (QED) is 0.912. The molecule has 0 bridgehead atoms. The molecule has 0 fully saturated rings. The van der Waals surface area contributed by atoms with E-state index in [-0.39, 0.29) is 0 Å². The summed E-state index contributed by atoms with van der Waals surface area (Å²) in [5.74, 6) is 0.595. The highest BCUT2D eigenvalue weighted by molar-refractivity contribution is 5.37. The number of aliphatic hydroxyl groups excluding tert-OH is 1. The van der Waals surface area contributed by atoms with Gasteiger partial charge in [-0.25, -0.2) is 0 Å². The summed E-state index contributed by atoms with van der Waals surface area (Å²) < 4.78 is 0. The Kier molecular flexibility index (Phi) is 4.55. The van der Waals surface area contributed by atoms with Crippen LogP contribution in [0.4, 0.5) is 0 Å². The van der Waals surface area contributed by atoms with Crippen LogP contribution in [0, 0.1) is 17.2 Å². The highest BCUT2D eigenvalue weighted by atomic mass is 16.3. The monoisotopic (exact) mass is 265 g/mol. The molecule has 0 saturated carbocycles. The third-order valence-corrected chi connectivity index (χ3v) is 3.27. The third-order valence-electron chi connectivity index (χ3n) is 3.27. The lowest BCUT2D eigenvalue weighted by Crippen LogP contribution is -2.01. The zero-order valence-corrected chi connectivity index (χ0v) is 11.9. The largest absolute Gasteiger partial charge is 0.384 e. The number of nitriles is 1. The van der Waals surface area contributed by atoms with Gasteiger partial charge in [0.05, 0.1) is 11.6 Å². The maximum atomic E-state index is 10.4. The van der Waals surface area contributed by atoms with Crippen molar-refractivity contribution in [2.75, 3.05) is 0 Å². The van der Waals surface area contributed by atoms with Crippen molar-refractivity contribution in [3.05, 3.63) is 70.8 Å². The van der Waals surface area contributed by atoms with Crippen molar-refractivity contribution in [2.24, 2.45) is 5.92 Å². The van der Waals surface area contributed by atoms with E-state index >= 15 is 0 Å². The maximum absolute atomic E-state index is 10.4. The van der Waals surface area contributed by atoms with E-state index in [4.69, 9.17) is 5.26 Å². The van der Waals surface area contributed by atoms with Gasteiger partial charge in [0.15, 0.2) is 0 Å². The Morgan fingerprint density at radius 1 is 1.05 bits per heavy atom. The molecule has 2 aromatic rings. The number of hydrogen-bond acceptors (Lipinski definition) is 2. The highest BCUT2D eigenvalue weighted by Crippen LogP contribution is 2.23. The second-order valence-corrected chi connectivity index (χ2v) is 5.48. The molecule has 2 rings (SSSR count). The topological polar surface area (TPSA) is 44.0 Å². The fourth-order valence-electron chi connectivity index (χ4n) is 2.29. The average Bonchev–Trinajstić information content (AvgIpc) is 2.46. The molecule has 0 aliphatic carbocycles. The normalized spacial score (nSPS) is 12.2. The first kappa shape index (κ1) is 14.3. The summed E-state index contributed by atoms with van der Waals surface area (Å²) in [6, 6.07) is 17.2. The van der Waals surface area contributed by atoms with Crippen LogP contribution in [0.25, 0.3) is 0 Å². The van der Waals surface area contributed by atoms with E-state index in [0.717, 1.165) is 17.5 Å². The van der Waals surface area contributed by atoms with Gasteiger partial charge >= 0.3 is 0 Å². The fourth-order valence-corrected chi connectivity index (χ4v) is 2.29. The van der Waals surface area contributed by atoms with Crippen LogP contribution in [-0.2, 0) is 6.42 Å². The number of aliphatic hydroxyl groups is 1. The molecule has 0 amide bonds. The smallest absolute Gasteiger partial charge is 0.104 e. The molecule has 1 N–H and O–H groups in total. The van der Waals surface area contributed by atoms with Crippen molar-refractivity contribution in [2.45, 2.75) is 26.4 Å². The SMILES string of the molecule is CC(C)Cc1cccc(C(O)c2ccc(C#N)cc2)c1. The Balaban J connectivity index is 2.23. The summed E-state index contributed by atoms with van der Waals surface area (Å²) >= 11 is 0. The first-order valence-electron chi connectivity index (χ1n) is 6.87. The van der Waals surface area contributed by atoms with E-state index < -0.39 is 6.10 Å². The van der Waals surface area contributed by atoms with Crippen LogP contribution < -0.4 is 0 Å². The van der Waals surface area contributed by atoms with E-state index in [2.05, 4.69) is 32.0 Å². The second kappa shape index (κ2) is 6.36. The molecule has 1 unspecified atom stereocenters. The van der Waals surface area contributed by atoms with Gasteiger partial charge in [0.25, 0.3) is 0 Å². The van der Waals surface area contributed by atoms with Crippen LogP contribution in [-0.4, -0.2) is 5.11 Å². The van der Waals surface area contributed by atoms with Crippen molar-refractivity contribution in [3.63, 3.8) is 0 Å². The van der Waals surface area contributed by atoms with Gasteiger partial charge < -0.3 is 5.11 Å². The van der Waals surface area contributed by atoms with Gasteiger partial charge in [-0.15, -0.1) is 0 Å². The van der Waals surface area contributed by atoms with Crippen molar-refractivity contribution < 1.29 is 5.11 Å². The van der Waals surface area contributed by atoms with Gasteiger partial charge in [-0.2, -0.15) is 5.26 Å². The Hall–Kier alpha value is -2.11. The van der Waals surface area contributed by atoms with Crippen LogP contribution in [0.15, 0.2) is 48.5 Å². The number of hydrogen-bond donors (Lipinski definition) is 1. The Bertz CT molecular complexity index is 608. The van der Waals surface area contributed by atoms with Crippen molar-refractivity contribution >= 4 is 0 Å². The van der Waals surface area contributed by atoms with Gasteiger partial charge in [0, 0.05) is 0 Å². The summed E-state index contributed by atoms with van der Waals surface area (Å²) in [5.41, 5.74) is 3.55. The molecule has 1 atom stereocenters. The van der Waals surface area contributed by atoms with Gasteiger partial charge in [0.1, 0.15) is 6.10 Å². The molecule has 102 valence electrons. The summed E-state index contributed by atoms with van der Waals surface area (Å²) in [4.78, 5) is 0. The van der Waals surface area contributed by atoms with Gasteiger partial charge in [-0.3, -0.25) is 0 Å². The van der Waals surface area contributed by atoms with Crippen molar-refractivity contribution in [1.29, 1.82) is 5.26 Å². The zero-order chi connectivity index (χ0) is 14.5. The molecular weight excluding hydrogens is 246 g/mol. The zero-order valence-electron chi connectivity index (χ0n) is 11.9. The minimum absolute atomic E-state index is 0.595. The Morgan fingerprint density at radius 2 is 1.75 bits per heavy atom. The lowest BCUT2D eigenvalue weighted by molar-refractivity contribution is 0.220. The molecular formula is C18H19NO. The van der Waals surface area contributed by atoms with E-state index in [1.807, 2.05) is 12.1 Å². The molecule has 0 aliphatic rings. The molecule has 2 heteroatoms.